The molecule has 6 nitrogen and oxygen atoms in total. The number of benzene rings is 1. The fraction of sp³-hybridized carbons (Fsp3) is 0.267. The van der Waals surface area contributed by atoms with Gasteiger partial charge in [-0.05, 0) is 37.1 Å². The number of nitrogens with one attached hydrogen (secondary N) is 2. The van der Waals surface area contributed by atoms with Gasteiger partial charge in [-0.25, -0.2) is 9.97 Å². The summed E-state index contributed by atoms with van der Waals surface area (Å²) in [7, 11) is 0. The van der Waals surface area contributed by atoms with Crippen molar-refractivity contribution < 1.29 is 9.53 Å². The average Bonchev–Trinajstić information content (AvgIpc) is 3.06. The molecule has 1 aromatic carbocycles. The predicted octanol–water partition coefficient (Wildman–Crippen LogP) is 2.99. The summed E-state index contributed by atoms with van der Waals surface area (Å²) in [5.41, 5.74) is 1.54. The molecule has 0 saturated carbocycles. The highest BCUT2D eigenvalue weighted by Crippen LogP contribution is 2.19. The fourth-order valence-corrected chi connectivity index (χ4v) is 2.25. The van der Waals surface area contributed by atoms with E-state index in [4.69, 9.17) is 16.3 Å². The second-order valence-electron chi connectivity index (χ2n) is 4.92. The Labute approximate surface area is 132 Å². The van der Waals surface area contributed by atoms with Crippen LogP contribution < -0.4 is 10.6 Å². The van der Waals surface area contributed by atoms with Crippen molar-refractivity contribution in [2.75, 3.05) is 17.2 Å². The molecule has 1 aliphatic rings. The molecule has 114 valence electrons. The van der Waals surface area contributed by atoms with Gasteiger partial charge >= 0.3 is 0 Å². The van der Waals surface area contributed by atoms with Gasteiger partial charge in [-0.3, -0.25) is 4.79 Å². The molecule has 1 fully saturated rings. The lowest BCUT2D eigenvalue weighted by atomic mass is 10.2. The maximum atomic E-state index is 11.9. The molecule has 1 aromatic heterocycles. The molecule has 1 aliphatic heterocycles. The summed E-state index contributed by atoms with van der Waals surface area (Å²) in [4.78, 5) is 20.1. The number of hydrogen-bond acceptors (Lipinski definition) is 5. The first kappa shape index (κ1) is 14.7. The molecule has 0 unspecified atom stereocenters. The Morgan fingerprint density at radius 1 is 1.18 bits per heavy atom. The van der Waals surface area contributed by atoms with E-state index < -0.39 is 0 Å². The smallest absolute Gasteiger partial charge is 0.253 e. The standard InChI is InChI=1S/C15H15ClN4O2/c16-10-8-17-15(18-9-10)20-12-5-3-11(4-6-12)19-14(21)13-2-1-7-22-13/h3-6,8-9,13H,1-2,7H2,(H,19,21)(H,17,18,20)/t13-/m1/s1. The van der Waals surface area contributed by atoms with Crippen LogP contribution in [0.25, 0.3) is 0 Å². The summed E-state index contributed by atoms with van der Waals surface area (Å²) in [5.74, 6) is 0.361. The maximum Gasteiger partial charge on any atom is 0.253 e. The number of carbonyl (C=O) groups is 1. The second-order valence-corrected chi connectivity index (χ2v) is 5.35. The highest BCUT2D eigenvalue weighted by Gasteiger charge is 2.23. The molecular formula is C15H15ClN4O2. The van der Waals surface area contributed by atoms with Gasteiger partial charge < -0.3 is 15.4 Å². The van der Waals surface area contributed by atoms with E-state index in [9.17, 15) is 4.79 Å². The lowest BCUT2D eigenvalue weighted by molar-refractivity contribution is -0.124. The minimum Gasteiger partial charge on any atom is -0.368 e. The van der Waals surface area contributed by atoms with Gasteiger partial charge in [-0.15, -0.1) is 0 Å². The number of halogens is 1. The minimum absolute atomic E-state index is 0.0979. The number of nitrogens with zero attached hydrogens (tertiary/aromatic N) is 2. The quantitative estimate of drug-likeness (QED) is 0.906. The molecule has 2 heterocycles. The van der Waals surface area contributed by atoms with E-state index in [1.165, 1.54) is 12.4 Å². The molecule has 2 N–H and O–H groups in total. The Bertz CT molecular complexity index is 640. The lowest BCUT2D eigenvalue weighted by Crippen LogP contribution is -2.26. The highest BCUT2D eigenvalue weighted by atomic mass is 35.5. The molecule has 1 amide bonds. The zero-order valence-electron chi connectivity index (χ0n) is 11.8. The van der Waals surface area contributed by atoms with Crippen LogP contribution >= 0.6 is 11.6 Å². The van der Waals surface area contributed by atoms with Crippen LogP contribution in [-0.2, 0) is 9.53 Å². The van der Waals surface area contributed by atoms with Crippen molar-refractivity contribution in [2.45, 2.75) is 18.9 Å². The zero-order chi connectivity index (χ0) is 15.4. The molecule has 22 heavy (non-hydrogen) atoms. The molecule has 1 atom stereocenters. The van der Waals surface area contributed by atoms with Crippen molar-refractivity contribution in [2.24, 2.45) is 0 Å². The van der Waals surface area contributed by atoms with Gasteiger partial charge in [-0.1, -0.05) is 11.6 Å². The van der Waals surface area contributed by atoms with Crippen LogP contribution in [0.2, 0.25) is 5.02 Å². The van der Waals surface area contributed by atoms with Crippen LogP contribution in [0.3, 0.4) is 0 Å². The third kappa shape index (κ3) is 3.72. The van der Waals surface area contributed by atoms with E-state index in [1.807, 2.05) is 24.3 Å². The van der Waals surface area contributed by atoms with Crippen LogP contribution in [-0.4, -0.2) is 28.6 Å². The van der Waals surface area contributed by atoms with Crippen LogP contribution in [0.1, 0.15) is 12.8 Å². The SMILES string of the molecule is O=C(Nc1ccc(Nc2ncc(Cl)cn2)cc1)[C@H]1CCCO1. The predicted molar refractivity (Wildman–Crippen MR) is 84.4 cm³/mol. The highest BCUT2D eigenvalue weighted by molar-refractivity contribution is 6.30. The normalized spacial score (nSPS) is 17.2. The average molecular weight is 319 g/mol. The third-order valence-electron chi connectivity index (χ3n) is 3.25. The number of anilines is 3. The zero-order valence-corrected chi connectivity index (χ0v) is 12.5. The van der Waals surface area contributed by atoms with Crippen molar-refractivity contribution in [3.63, 3.8) is 0 Å². The first-order valence-electron chi connectivity index (χ1n) is 6.98. The Morgan fingerprint density at radius 3 is 2.50 bits per heavy atom. The minimum atomic E-state index is -0.333. The molecule has 7 heteroatoms. The van der Waals surface area contributed by atoms with Crippen LogP contribution in [0.4, 0.5) is 17.3 Å². The summed E-state index contributed by atoms with van der Waals surface area (Å²) in [6.45, 7) is 0.655. The first-order chi connectivity index (χ1) is 10.7. The largest absolute Gasteiger partial charge is 0.368 e. The van der Waals surface area contributed by atoms with Crippen molar-refractivity contribution in [3.8, 4) is 0 Å². The number of rotatable bonds is 4. The summed E-state index contributed by atoms with van der Waals surface area (Å²) in [6, 6.07) is 7.29. The second kappa shape index (κ2) is 6.72. The van der Waals surface area contributed by atoms with Gasteiger partial charge in [0.15, 0.2) is 0 Å². The summed E-state index contributed by atoms with van der Waals surface area (Å²) < 4.78 is 5.35. The summed E-state index contributed by atoms with van der Waals surface area (Å²) in [6.07, 6.45) is 4.42. The number of hydrogen-bond donors (Lipinski definition) is 2. The van der Waals surface area contributed by atoms with E-state index in [2.05, 4.69) is 20.6 Å². The molecule has 0 aliphatic carbocycles. The Kier molecular flexibility index (Phi) is 4.50. The number of carbonyl (C=O) groups excluding carboxylic acids is 1. The Morgan fingerprint density at radius 2 is 1.86 bits per heavy atom. The van der Waals surface area contributed by atoms with Gasteiger partial charge in [-0.2, -0.15) is 0 Å². The first-order valence-corrected chi connectivity index (χ1v) is 7.35. The fourth-order valence-electron chi connectivity index (χ4n) is 2.15. The molecular weight excluding hydrogens is 304 g/mol. The van der Waals surface area contributed by atoms with Crippen LogP contribution in [0.5, 0.6) is 0 Å². The van der Waals surface area contributed by atoms with E-state index >= 15 is 0 Å². The van der Waals surface area contributed by atoms with Gasteiger partial charge in [0.1, 0.15) is 6.10 Å². The third-order valence-corrected chi connectivity index (χ3v) is 3.45. The van der Waals surface area contributed by atoms with Gasteiger partial charge in [0.25, 0.3) is 5.91 Å². The van der Waals surface area contributed by atoms with E-state index in [0.717, 1.165) is 24.2 Å². The van der Waals surface area contributed by atoms with Gasteiger partial charge in [0, 0.05) is 18.0 Å². The molecule has 0 spiro atoms. The molecule has 2 aromatic rings. The molecule has 0 bridgehead atoms. The topological polar surface area (TPSA) is 76.1 Å². The maximum absolute atomic E-state index is 11.9. The van der Waals surface area contributed by atoms with Crippen molar-refractivity contribution in [1.82, 2.24) is 9.97 Å². The summed E-state index contributed by atoms with van der Waals surface area (Å²) >= 11 is 5.73. The number of ether oxygens (including phenoxy) is 1. The van der Waals surface area contributed by atoms with E-state index in [-0.39, 0.29) is 12.0 Å². The Balaban J connectivity index is 1.60. The monoisotopic (exact) mass is 318 g/mol. The van der Waals surface area contributed by atoms with Crippen molar-refractivity contribution in [1.29, 1.82) is 0 Å². The van der Waals surface area contributed by atoms with Crippen LogP contribution in [0, 0.1) is 0 Å². The van der Waals surface area contributed by atoms with Gasteiger partial charge in [0.2, 0.25) is 5.95 Å². The van der Waals surface area contributed by atoms with Crippen molar-refractivity contribution >= 4 is 34.8 Å². The van der Waals surface area contributed by atoms with Crippen LogP contribution in [0.15, 0.2) is 36.7 Å². The Hall–Kier alpha value is -2.18. The molecule has 0 radical (unpaired) electrons. The molecule has 3 rings (SSSR count). The number of amides is 1. The number of aromatic nitrogens is 2. The summed E-state index contributed by atoms with van der Waals surface area (Å²) in [5, 5.41) is 6.37. The molecule has 1 saturated heterocycles. The van der Waals surface area contributed by atoms with Crippen molar-refractivity contribution in [3.05, 3.63) is 41.7 Å². The van der Waals surface area contributed by atoms with Gasteiger partial charge in [0.05, 0.1) is 17.4 Å². The lowest BCUT2D eigenvalue weighted by Gasteiger charge is -2.11. The van der Waals surface area contributed by atoms with E-state index in [1.54, 1.807) is 0 Å². The van der Waals surface area contributed by atoms with E-state index in [0.29, 0.717) is 17.6 Å².